The Balaban J connectivity index is 2.37. The molecule has 3 nitrogen and oxygen atoms in total. The molecule has 0 spiro atoms. The minimum atomic E-state index is -0.258. The lowest BCUT2D eigenvalue weighted by atomic mass is 10.3. The highest BCUT2D eigenvalue weighted by Crippen LogP contribution is 2.24. The van der Waals surface area contributed by atoms with Gasteiger partial charge in [0.25, 0.3) is 0 Å². The minimum Gasteiger partial charge on any atom is -0.373 e. The first-order chi connectivity index (χ1) is 8.22. The SMILES string of the molecule is CNc1cccc(N(C)c2ccccc2F)n1. The Morgan fingerprint density at radius 1 is 1.12 bits per heavy atom. The van der Waals surface area contributed by atoms with Crippen molar-refractivity contribution in [3.05, 3.63) is 48.3 Å². The van der Waals surface area contributed by atoms with Crippen LogP contribution in [-0.4, -0.2) is 19.1 Å². The first kappa shape index (κ1) is 11.4. The molecule has 0 fully saturated rings. The summed E-state index contributed by atoms with van der Waals surface area (Å²) in [6.45, 7) is 0. The van der Waals surface area contributed by atoms with E-state index in [0.717, 1.165) is 5.82 Å². The van der Waals surface area contributed by atoms with Crippen LogP contribution in [0.1, 0.15) is 0 Å². The second-order valence-electron chi connectivity index (χ2n) is 3.64. The van der Waals surface area contributed by atoms with Gasteiger partial charge in [0.15, 0.2) is 0 Å². The Labute approximate surface area is 99.9 Å². The van der Waals surface area contributed by atoms with Crippen LogP contribution in [0.4, 0.5) is 21.7 Å². The molecule has 0 saturated carbocycles. The number of benzene rings is 1. The van der Waals surface area contributed by atoms with Crippen LogP contribution in [0.5, 0.6) is 0 Å². The molecule has 0 amide bonds. The first-order valence-corrected chi connectivity index (χ1v) is 5.35. The van der Waals surface area contributed by atoms with Crippen LogP contribution in [0.2, 0.25) is 0 Å². The van der Waals surface area contributed by atoms with E-state index in [1.54, 1.807) is 37.2 Å². The van der Waals surface area contributed by atoms with Crippen LogP contribution < -0.4 is 10.2 Å². The van der Waals surface area contributed by atoms with Gasteiger partial charge in [-0.2, -0.15) is 0 Å². The molecular weight excluding hydrogens is 217 g/mol. The number of nitrogens with one attached hydrogen (secondary N) is 1. The number of pyridine rings is 1. The van der Waals surface area contributed by atoms with Gasteiger partial charge in [0.1, 0.15) is 17.5 Å². The van der Waals surface area contributed by atoms with Gasteiger partial charge in [0.05, 0.1) is 5.69 Å². The predicted octanol–water partition coefficient (Wildman–Crippen LogP) is 3.03. The first-order valence-electron chi connectivity index (χ1n) is 5.35. The Morgan fingerprint density at radius 3 is 2.59 bits per heavy atom. The van der Waals surface area contributed by atoms with Crippen LogP contribution >= 0.6 is 0 Å². The third-order valence-corrected chi connectivity index (χ3v) is 2.55. The number of hydrogen-bond donors (Lipinski definition) is 1. The number of aromatic nitrogens is 1. The Morgan fingerprint density at radius 2 is 1.88 bits per heavy atom. The van der Waals surface area contributed by atoms with Crippen molar-refractivity contribution in [2.24, 2.45) is 0 Å². The third-order valence-electron chi connectivity index (χ3n) is 2.55. The van der Waals surface area contributed by atoms with Crippen LogP contribution in [0, 0.1) is 5.82 Å². The predicted molar refractivity (Wildman–Crippen MR) is 68.2 cm³/mol. The maximum absolute atomic E-state index is 13.6. The molecule has 4 heteroatoms. The standard InChI is InChI=1S/C13H14FN3/c1-15-12-8-5-9-13(16-12)17(2)11-7-4-3-6-10(11)14/h3-9H,1-2H3,(H,15,16). The quantitative estimate of drug-likeness (QED) is 0.880. The second kappa shape index (κ2) is 4.82. The van der Waals surface area contributed by atoms with Crippen molar-refractivity contribution in [1.29, 1.82) is 0 Å². The van der Waals surface area contributed by atoms with Crippen molar-refractivity contribution >= 4 is 17.3 Å². The molecule has 0 aliphatic heterocycles. The number of para-hydroxylation sites is 1. The van der Waals surface area contributed by atoms with E-state index in [1.165, 1.54) is 6.07 Å². The summed E-state index contributed by atoms with van der Waals surface area (Å²) < 4.78 is 13.6. The van der Waals surface area contributed by atoms with Gasteiger partial charge < -0.3 is 10.2 Å². The fourth-order valence-corrected chi connectivity index (χ4v) is 1.60. The van der Waals surface area contributed by atoms with Gasteiger partial charge in [-0.1, -0.05) is 18.2 Å². The van der Waals surface area contributed by atoms with Gasteiger partial charge in [0, 0.05) is 14.1 Å². The summed E-state index contributed by atoms with van der Waals surface area (Å²) >= 11 is 0. The Kier molecular flexibility index (Phi) is 3.23. The molecule has 0 bridgehead atoms. The molecule has 17 heavy (non-hydrogen) atoms. The van der Waals surface area contributed by atoms with Crippen molar-refractivity contribution in [2.45, 2.75) is 0 Å². The zero-order valence-electron chi connectivity index (χ0n) is 9.81. The average Bonchev–Trinajstić information content (AvgIpc) is 2.38. The number of anilines is 3. The molecule has 1 aromatic heterocycles. The van der Waals surface area contributed by atoms with E-state index in [1.807, 2.05) is 18.2 Å². The minimum absolute atomic E-state index is 0.258. The molecule has 1 N–H and O–H groups in total. The van der Waals surface area contributed by atoms with Gasteiger partial charge in [0.2, 0.25) is 0 Å². The summed E-state index contributed by atoms with van der Waals surface area (Å²) in [5.74, 6) is 1.19. The number of hydrogen-bond acceptors (Lipinski definition) is 3. The van der Waals surface area contributed by atoms with Crippen molar-refractivity contribution in [1.82, 2.24) is 4.98 Å². The van der Waals surface area contributed by atoms with Gasteiger partial charge in [-0.25, -0.2) is 9.37 Å². The molecule has 0 aliphatic rings. The van der Waals surface area contributed by atoms with E-state index in [4.69, 9.17) is 0 Å². The van der Waals surface area contributed by atoms with E-state index in [9.17, 15) is 4.39 Å². The van der Waals surface area contributed by atoms with Crippen molar-refractivity contribution in [3.8, 4) is 0 Å². The van der Waals surface area contributed by atoms with E-state index in [2.05, 4.69) is 10.3 Å². The summed E-state index contributed by atoms with van der Waals surface area (Å²) in [7, 11) is 3.59. The smallest absolute Gasteiger partial charge is 0.146 e. The van der Waals surface area contributed by atoms with Gasteiger partial charge in [-0.3, -0.25) is 0 Å². The topological polar surface area (TPSA) is 28.2 Å². The molecule has 1 heterocycles. The molecule has 0 saturated heterocycles. The molecule has 1 aromatic carbocycles. The van der Waals surface area contributed by atoms with E-state index >= 15 is 0 Å². The summed E-state index contributed by atoms with van der Waals surface area (Å²) in [5.41, 5.74) is 0.508. The normalized spacial score (nSPS) is 10.1. The molecule has 2 rings (SSSR count). The van der Waals surface area contributed by atoms with E-state index in [0.29, 0.717) is 11.5 Å². The van der Waals surface area contributed by atoms with Crippen LogP contribution in [0.25, 0.3) is 0 Å². The number of rotatable bonds is 3. The molecule has 2 aromatic rings. The Bertz CT molecular complexity index is 514. The van der Waals surface area contributed by atoms with E-state index in [-0.39, 0.29) is 5.82 Å². The molecule has 0 radical (unpaired) electrons. The van der Waals surface area contributed by atoms with E-state index < -0.39 is 0 Å². The largest absolute Gasteiger partial charge is 0.373 e. The Hall–Kier alpha value is -2.10. The highest BCUT2D eigenvalue weighted by Gasteiger charge is 2.09. The van der Waals surface area contributed by atoms with Crippen LogP contribution in [-0.2, 0) is 0 Å². The highest BCUT2D eigenvalue weighted by atomic mass is 19.1. The van der Waals surface area contributed by atoms with Crippen molar-refractivity contribution < 1.29 is 4.39 Å². The summed E-state index contributed by atoms with van der Waals surface area (Å²) in [4.78, 5) is 6.08. The van der Waals surface area contributed by atoms with Crippen LogP contribution in [0.3, 0.4) is 0 Å². The fraction of sp³-hybridized carbons (Fsp3) is 0.154. The van der Waals surface area contributed by atoms with Gasteiger partial charge >= 0.3 is 0 Å². The summed E-state index contributed by atoms with van der Waals surface area (Å²) in [6.07, 6.45) is 0. The van der Waals surface area contributed by atoms with Crippen LogP contribution in [0.15, 0.2) is 42.5 Å². The van der Waals surface area contributed by atoms with Crippen molar-refractivity contribution in [2.75, 3.05) is 24.3 Å². The fourth-order valence-electron chi connectivity index (χ4n) is 1.60. The highest BCUT2D eigenvalue weighted by molar-refractivity contribution is 5.61. The summed E-state index contributed by atoms with van der Waals surface area (Å²) in [6, 6.07) is 12.2. The zero-order valence-corrected chi connectivity index (χ0v) is 9.81. The monoisotopic (exact) mass is 231 g/mol. The molecule has 0 atom stereocenters. The number of nitrogens with zero attached hydrogens (tertiary/aromatic N) is 2. The molecule has 88 valence electrons. The maximum atomic E-state index is 13.6. The lowest BCUT2D eigenvalue weighted by Gasteiger charge is -2.19. The lowest BCUT2D eigenvalue weighted by Crippen LogP contribution is -2.13. The number of halogens is 1. The van der Waals surface area contributed by atoms with Gasteiger partial charge in [-0.05, 0) is 24.3 Å². The maximum Gasteiger partial charge on any atom is 0.146 e. The lowest BCUT2D eigenvalue weighted by molar-refractivity contribution is 0.627. The molecule has 0 unspecified atom stereocenters. The zero-order chi connectivity index (χ0) is 12.3. The average molecular weight is 231 g/mol. The molecule has 0 aliphatic carbocycles. The summed E-state index contributed by atoms with van der Waals surface area (Å²) in [5, 5.41) is 2.96. The van der Waals surface area contributed by atoms with Gasteiger partial charge in [-0.15, -0.1) is 0 Å². The third kappa shape index (κ3) is 2.36. The second-order valence-corrected chi connectivity index (χ2v) is 3.64. The molecular formula is C13H14FN3. The van der Waals surface area contributed by atoms with Crippen molar-refractivity contribution in [3.63, 3.8) is 0 Å².